The topological polar surface area (TPSA) is 29.1 Å². The molecule has 1 aromatic heterocycles. The predicted octanol–water partition coefficient (Wildman–Crippen LogP) is 2.42. The Balaban J connectivity index is 2.17. The molecule has 0 fully saturated rings. The fourth-order valence-electron chi connectivity index (χ4n) is 1.04. The monoisotopic (exact) mass is 231 g/mol. The van der Waals surface area contributed by atoms with Crippen LogP contribution in [-0.4, -0.2) is 17.8 Å². The minimum absolute atomic E-state index is 0.0739. The van der Waals surface area contributed by atoms with Crippen molar-refractivity contribution in [2.75, 3.05) is 6.54 Å². The summed E-state index contributed by atoms with van der Waals surface area (Å²) >= 11 is 7.36. The summed E-state index contributed by atoms with van der Waals surface area (Å²) in [6.07, 6.45) is 1.30. The molecule has 0 aliphatic rings. The molecule has 1 unspecified atom stereocenters. The summed E-state index contributed by atoms with van der Waals surface area (Å²) in [6, 6.07) is 3.92. The van der Waals surface area contributed by atoms with E-state index in [1.807, 2.05) is 24.4 Å². The van der Waals surface area contributed by atoms with Gasteiger partial charge in [-0.1, -0.05) is 6.07 Å². The lowest BCUT2D eigenvalue weighted by Crippen LogP contribution is -2.26. The largest absolute Gasteiger partial charge is 0.356 e. The van der Waals surface area contributed by atoms with Crippen molar-refractivity contribution in [3.8, 4) is 0 Å². The van der Waals surface area contributed by atoms with E-state index >= 15 is 0 Å². The highest BCUT2D eigenvalue weighted by Crippen LogP contribution is 2.08. The maximum atomic E-state index is 11.3. The van der Waals surface area contributed by atoms with E-state index in [2.05, 4.69) is 5.32 Å². The van der Waals surface area contributed by atoms with Gasteiger partial charge in [0.2, 0.25) is 5.91 Å². The van der Waals surface area contributed by atoms with Crippen molar-refractivity contribution >= 4 is 28.8 Å². The lowest BCUT2D eigenvalue weighted by Gasteiger charge is -2.04. The second kappa shape index (κ2) is 6.04. The number of thiophene rings is 1. The molecule has 0 aliphatic heterocycles. The van der Waals surface area contributed by atoms with Gasteiger partial charge in [0.25, 0.3) is 0 Å². The number of hydrogen-bond donors (Lipinski definition) is 1. The summed E-state index contributed by atoms with van der Waals surface area (Å²) in [5, 5.41) is 4.93. The first-order chi connectivity index (χ1) is 6.68. The van der Waals surface area contributed by atoms with Crippen molar-refractivity contribution in [3.63, 3.8) is 0 Å². The zero-order chi connectivity index (χ0) is 10.4. The lowest BCUT2D eigenvalue weighted by atomic mass is 10.3. The molecule has 1 N–H and O–H groups in total. The second-order valence-electron chi connectivity index (χ2n) is 3.18. The van der Waals surface area contributed by atoms with Gasteiger partial charge in [-0.25, -0.2) is 0 Å². The molecule has 1 amide bonds. The van der Waals surface area contributed by atoms with Crippen molar-refractivity contribution in [2.24, 2.45) is 0 Å². The number of carbonyl (C=O) groups excluding carboxylic acids is 1. The zero-order valence-corrected chi connectivity index (χ0v) is 9.70. The smallest absolute Gasteiger partial charge is 0.225 e. The molecular weight excluding hydrogens is 218 g/mol. The molecule has 0 saturated heterocycles. The maximum absolute atomic E-state index is 11.3. The zero-order valence-electron chi connectivity index (χ0n) is 8.13. The number of hydrogen-bond acceptors (Lipinski definition) is 2. The second-order valence-corrected chi connectivity index (χ2v) is 4.95. The molecule has 0 aromatic carbocycles. The molecule has 2 nitrogen and oxygen atoms in total. The molecule has 4 heteroatoms. The molecule has 1 heterocycles. The number of alkyl halides is 1. The van der Waals surface area contributed by atoms with Gasteiger partial charge in [0, 0.05) is 16.8 Å². The van der Waals surface area contributed by atoms with E-state index in [1.54, 1.807) is 11.3 Å². The third-order valence-corrected chi connectivity index (χ3v) is 2.87. The molecule has 0 saturated carbocycles. The van der Waals surface area contributed by atoms with Gasteiger partial charge in [0.15, 0.2) is 0 Å². The van der Waals surface area contributed by atoms with Gasteiger partial charge in [0.05, 0.1) is 6.42 Å². The van der Waals surface area contributed by atoms with E-state index in [-0.39, 0.29) is 11.3 Å². The van der Waals surface area contributed by atoms with Crippen molar-refractivity contribution in [1.29, 1.82) is 0 Å². The van der Waals surface area contributed by atoms with Crippen LogP contribution < -0.4 is 5.32 Å². The molecular formula is C10H14ClNOS. The van der Waals surface area contributed by atoms with Gasteiger partial charge in [-0.3, -0.25) is 4.79 Å². The SMILES string of the molecule is CC(Cl)CCNC(=O)Cc1cccs1. The fraction of sp³-hybridized carbons (Fsp3) is 0.500. The van der Waals surface area contributed by atoms with Gasteiger partial charge < -0.3 is 5.32 Å². The van der Waals surface area contributed by atoms with Gasteiger partial charge in [-0.05, 0) is 24.8 Å². The Kier molecular flexibility index (Phi) is 4.98. The number of carbonyl (C=O) groups is 1. The molecule has 1 rings (SSSR count). The molecule has 0 spiro atoms. The van der Waals surface area contributed by atoms with Gasteiger partial charge >= 0.3 is 0 Å². The minimum Gasteiger partial charge on any atom is -0.356 e. The van der Waals surface area contributed by atoms with E-state index in [0.717, 1.165) is 11.3 Å². The summed E-state index contributed by atoms with van der Waals surface area (Å²) in [4.78, 5) is 12.4. The van der Waals surface area contributed by atoms with Crippen LogP contribution in [0.15, 0.2) is 17.5 Å². The molecule has 1 atom stereocenters. The molecule has 0 aliphatic carbocycles. The Bertz CT molecular complexity index is 272. The van der Waals surface area contributed by atoms with Crippen LogP contribution in [0, 0.1) is 0 Å². The Morgan fingerprint density at radius 3 is 3.07 bits per heavy atom. The standard InChI is InChI=1S/C10H14ClNOS/c1-8(11)4-5-12-10(13)7-9-3-2-6-14-9/h2-3,6,8H,4-5,7H2,1H3,(H,12,13). The number of amides is 1. The van der Waals surface area contributed by atoms with Crippen molar-refractivity contribution < 1.29 is 4.79 Å². The van der Waals surface area contributed by atoms with E-state index in [1.165, 1.54) is 0 Å². The summed E-state index contributed by atoms with van der Waals surface area (Å²) in [7, 11) is 0. The van der Waals surface area contributed by atoms with Gasteiger partial charge in [0.1, 0.15) is 0 Å². The quantitative estimate of drug-likeness (QED) is 0.775. The van der Waals surface area contributed by atoms with Crippen LogP contribution in [0.25, 0.3) is 0 Å². The van der Waals surface area contributed by atoms with Crippen LogP contribution in [0.5, 0.6) is 0 Å². The van der Waals surface area contributed by atoms with Crippen LogP contribution in [-0.2, 0) is 11.2 Å². The average Bonchev–Trinajstić information content (AvgIpc) is 2.56. The Hall–Kier alpha value is -0.540. The van der Waals surface area contributed by atoms with Crippen molar-refractivity contribution in [1.82, 2.24) is 5.32 Å². The summed E-state index contributed by atoms with van der Waals surface area (Å²) in [5.74, 6) is 0.0739. The molecule has 14 heavy (non-hydrogen) atoms. The van der Waals surface area contributed by atoms with E-state index in [0.29, 0.717) is 13.0 Å². The van der Waals surface area contributed by atoms with Crippen LogP contribution in [0.2, 0.25) is 0 Å². The molecule has 0 radical (unpaired) electrons. The first-order valence-corrected chi connectivity index (χ1v) is 5.93. The van der Waals surface area contributed by atoms with Gasteiger partial charge in [-0.15, -0.1) is 22.9 Å². The molecule has 78 valence electrons. The first kappa shape index (κ1) is 11.5. The third kappa shape index (κ3) is 4.63. The number of halogens is 1. The minimum atomic E-state index is 0.0739. The maximum Gasteiger partial charge on any atom is 0.225 e. The fourth-order valence-corrected chi connectivity index (χ4v) is 1.86. The summed E-state index contributed by atoms with van der Waals surface area (Å²) in [5.41, 5.74) is 0. The Labute approximate surface area is 93.3 Å². The highest BCUT2D eigenvalue weighted by Gasteiger charge is 2.03. The highest BCUT2D eigenvalue weighted by molar-refractivity contribution is 7.10. The van der Waals surface area contributed by atoms with E-state index in [9.17, 15) is 4.79 Å². The summed E-state index contributed by atoms with van der Waals surface area (Å²) < 4.78 is 0. The predicted molar refractivity (Wildman–Crippen MR) is 61.0 cm³/mol. The number of nitrogens with one attached hydrogen (secondary N) is 1. The summed E-state index contributed by atoms with van der Waals surface area (Å²) in [6.45, 7) is 2.59. The average molecular weight is 232 g/mol. The number of rotatable bonds is 5. The Morgan fingerprint density at radius 2 is 2.50 bits per heavy atom. The third-order valence-electron chi connectivity index (χ3n) is 1.78. The lowest BCUT2D eigenvalue weighted by molar-refractivity contribution is -0.120. The Morgan fingerprint density at radius 1 is 1.71 bits per heavy atom. The van der Waals surface area contributed by atoms with Crippen LogP contribution >= 0.6 is 22.9 Å². The molecule has 1 aromatic rings. The molecule has 0 bridgehead atoms. The van der Waals surface area contributed by atoms with Crippen LogP contribution in [0.1, 0.15) is 18.2 Å². The van der Waals surface area contributed by atoms with Crippen LogP contribution in [0.4, 0.5) is 0 Å². The first-order valence-electron chi connectivity index (χ1n) is 4.61. The van der Waals surface area contributed by atoms with E-state index in [4.69, 9.17) is 11.6 Å². The van der Waals surface area contributed by atoms with Crippen molar-refractivity contribution in [2.45, 2.75) is 25.1 Å². The highest BCUT2D eigenvalue weighted by atomic mass is 35.5. The van der Waals surface area contributed by atoms with Gasteiger partial charge in [-0.2, -0.15) is 0 Å². The van der Waals surface area contributed by atoms with E-state index < -0.39 is 0 Å². The van der Waals surface area contributed by atoms with Crippen LogP contribution in [0.3, 0.4) is 0 Å². The normalized spacial score (nSPS) is 12.4. The van der Waals surface area contributed by atoms with Crippen molar-refractivity contribution in [3.05, 3.63) is 22.4 Å².